The Morgan fingerprint density at radius 1 is 1.30 bits per heavy atom. The molecule has 0 saturated heterocycles. The van der Waals surface area contributed by atoms with Crippen LogP contribution < -0.4 is 0 Å². The number of nitrogens with one attached hydrogen (secondary N) is 1. The molecule has 0 aliphatic heterocycles. The highest BCUT2D eigenvalue weighted by Crippen LogP contribution is 2.36. The molecule has 1 N–H and O–H groups in total. The minimum atomic E-state index is 0.547. The third-order valence-corrected chi connectivity index (χ3v) is 5.09. The van der Waals surface area contributed by atoms with Gasteiger partial charge in [-0.15, -0.1) is 0 Å². The first kappa shape index (κ1) is 14.2. The molecule has 1 aliphatic carbocycles. The second-order valence-electron chi connectivity index (χ2n) is 5.92. The van der Waals surface area contributed by atoms with Gasteiger partial charge in [-0.25, -0.2) is 0 Å². The lowest BCUT2D eigenvalue weighted by atomic mass is 9.83. The predicted molar refractivity (Wildman–Crippen MR) is 88.0 cm³/mol. The number of aromatic nitrogens is 2. The number of benzene rings is 1. The Labute approximate surface area is 130 Å². The first-order chi connectivity index (χ1) is 9.69. The minimum absolute atomic E-state index is 0.547. The van der Waals surface area contributed by atoms with E-state index in [9.17, 15) is 0 Å². The summed E-state index contributed by atoms with van der Waals surface area (Å²) >= 11 is 11.6. The Hall–Kier alpha value is -0.800. The van der Waals surface area contributed by atoms with E-state index in [4.69, 9.17) is 23.8 Å². The molecule has 0 spiro atoms. The summed E-state index contributed by atoms with van der Waals surface area (Å²) in [5.74, 6) is 0.921. The van der Waals surface area contributed by atoms with Crippen molar-refractivity contribution in [1.29, 1.82) is 0 Å². The molecule has 1 fully saturated rings. The number of aromatic amines is 1. The Morgan fingerprint density at radius 3 is 2.75 bits per heavy atom. The summed E-state index contributed by atoms with van der Waals surface area (Å²) in [5, 5.41) is 0.757. The molecule has 1 saturated carbocycles. The van der Waals surface area contributed by atoms with Gasteiger partial charge in [-0.05, 0) is 62.0 Å². The maximum atomic E-state index is 6.06. The molecule has 0 atom stereocenters. The largest absolute Gasteiger partial charge is 0.331 e. The van der Waals surface area contributed by atoms with Gasteiger partial charge in [0, 0.05) is 11.1 Å². The predicted octanol–water partition coefficient (Wildman–Crippen LogP) is 5.88. The third-order valence-electron chi connectivity index (χ3n) is 4.56. The van der Waals surface area contributed by atoms with E-state index in [0.29, 0.717) is 6.04 Å². The van der Waals surface area contributed by atoms with Crippen LogP contribution in [0.5, 0.6) is 0 Å². The van der Waals surface area contributed by atoms with Crippen LogP contribution in [0.2, 0.25) is 5.02 Å². The molecule has 3 rings (SSSR count). The Bertz CT molecular complexity index is 650. The van der Waals surface area contributed by atoms with Crippen molar-refractivity contribution < 1.29 is 0 Å². The summed E-state index contributed by atoms with van der Waals surface area (Å²) in [6.07, 6.45) is 7.84. The molecule has 1 aliphatic rings. The van der Waals surface area contributed by atoms with Crippen LogP contribution in [0.3, 0.4) is 0 Å². The standard InChI is InChI=1S/C16H21ClN2S/c1-2-3-11-4-7-13(8-5-11)19-15-9-6-12(17)10-14(15)18-16(19)20/h6,9-11,13H,2-5,7-8H2,1H3,(H,18,20). The van der Waals surface area contributed by atoms with Gasteiger partial charge in [-0.1, -0.05) is 31.4 Å². The first-order valence-corrected chi connectivity index (χ1v) is 8.37. The zero-order valence-electron chi connectivity index (χ0n) is 11.9. The highest BCUT2D eigenvalue weighted by Gasteiger charge is 2.23. The molecule has 0 unspecified atom stereocenters. The van der Waals surface area contributed by atoms with Crippen LogP contribution in [0.15, 0.2) is 18.2 Å². The van der Waals surface area contributed by atoms with Crippen LogP contribution in [0, 0.1) is 10.7 Å². The lowest BCUT2D eigenvalue weighted by molar-refractivity contribution is 0.264. The van der Waals surface area contributed by atoms with Crippen molar-refractivity contribution in [2.24, 2.45) is 5.92 Å². The summed E-state index contributed by atoms with van der Waals surface area (Å²) in [6, 6.07) is 6.55. The molecule has 1 heterocycles. The van der Waals surface area contributed by atoms with Crippen LogP contribution in [-0.4, -0.2) is 9.55 Å². The van der Waals surface area contributed by atoms with Crippen LogP contribution in [0.25, 0.3) is 11.0 Å². The fraction of sp³-hybridized carbons (Fsp3) is 0.562. The first-order valence-electron chi connectivity index (χ1n) is 7.58. The lowest BCUT2D eigenvalue weighted by Crippen LogP contribution is -2.18. The van der Waals surface area contributed by atoms with E-state index < -0.39 is 0 Å². The molecule has 20 heavy (non-hydrogen) atoms. The van der Waals surface area contributed by atoms with Crippen LogP contribution in [0.1, 0.15) is 51.5 Å². The molecule has 1 aromatic carbocycles. The van der Waals surface area contributed by atoms with Gasteiger partial charge < -0.3 is 9.55 Å². The number of imidazole rings is 1. The van der Waals surface area contributed by atoms with Gasteiger partial charge in [-0.3, -0.25) is 0 Å². The maximum absolute atomic E-state index is 6.06. The van der Waals surface area contributed by atoms with E-state index >= 15 is 0 Å². The average molecular weight is 309 g/mol. The van der Waals surface area contributed by atoms with E-state index in [1.807, 2.05) is 12.1 Å². The summed E-state index contributed by atoms with van der Waals surface area (Å²) in [5.41, 5.74) is 2.25. The second-order valence-corrected chi connectivity index (χ2v) is 6.75. The average Bonchev–Trinajstić information content (AvgIpc) is 2.75. The van der Waals surface area contributed by atoms with Gasteiger partial charge in [0.05, 0.1) is 11.0 Å². The number of halogens is 1. The summed E-state index contributed by atoms with van der Waals surface area (Å²) in [4.78, 5) is 3.29. The third kappa shape index (κ3) is 2.66. The lowest BCUT2D eigenvalue weighted by Gasteiger charge is -2.29. The van der Waals surface area contributed by atoms with Crippen LogP contribution in [-0.2, 0) is 0 Å². The summed E-state index contributed by atoms with van der Waals surface area (Å²) < 4.78 is 3.14. The van der Waals surface area contributed by atoms with Gasteiger partial charge >= 0.3 is 0 Å². The summed E-state index contributed by atoms with van der Waals surface area (Å²) in [7, 11) is 0. The second kappa shape index (κ2) is 5.90. The van der Waals surface area contributed by atoms with E-state index in [1.165, 1.54) is 44.0 Å². The van der Waals surface area contributed by atoms with Crippen molar-refractivity contribution in [3.63, 3.8) is 0 Å². The van der Waals surface area contributed by atoms with Gasteiger partial charge in [0.2, 0.25) is 0 Å². The molecular weight excluding hydrogens is 288 g/mol. The van der Waals surface area contributed by atoms with Crippen molar-refractivity contribution in [3.05, 3.63) is 28.0 Å². The van der Waals surface area contributed by atoms with Crippen LogP contribution in [0.4, 0.5) is 0 Å². The Kier molecular flexibility index (Phi) is 4.18. The number of H-pyrrole nitrogens is 1. The van der Waals surface area contributed by atoms with Crippen molar-refractivity contribution >= 4 is 34.9 Å². The fourth-order valence-corrected chi connectivity index (χ4v) is 4.10. The molecule has 2 aromatic rings. The van der Waals surface area contributed by atoms with E-state index in [0.717, 1.165) is 21.2 Å². The zero-order valence-corrected chi connectivity index (χ0v) is 13.4. The topological polar surface area (TPSA) is 20.7 Å². The van der Waals surface area contributed by atoms with E-state index in [1.54, 1.807) is 0 Å². The molecule has 1 aromatic heterocycles. The number of hydrogen-bond acceptors (Lipinski definition) is 1. The monoisotopic (exact) mass is 308 g/mol. The van der Waals surface area contributed by atoms with Crippen LogP contribution >= 0.6 is 23.8 Å². The molecule has 4 heteroatoms. The SMILES string of the molecule is CCCC1CCC(n2c(=S)[nH]c3cc(Cl)ccc32)CC1. The van der Waals surface area contributed by atoms with Gasteiger partial charge in [0.25, 0.3) is 0 Å². The normalized spacial score (nSPS) is 23.3. The Balaban J connectivity index is 1.88. The molecule has 0 amide bonds. The quantitative estimate of drug-likeness (QED) is 0.702. The zero-order chi connectivity index (χ0) is 14.1. The van der Waals surface area contributed by atoms with Gasteiger partial charge in [0.15, 0.2) is 4.77 Å². The summed E-state index contributed by atoms with van der Waals surface area (Å²) in [6.45, 7) is 2.28. The molecule has 0 bridgehead atoms. The minimum Gasteiger partial charge on any atom is -0.331 e. The van der Waals surface area contributed by atoms with Crippen molar-refractivity contribution in [2.45, 2.75) is 51.5 Å². The molecule has 0 radical (unpaired) electrons. The number of nitrogens with zero attached hydrogens (tertiary/aromatic N) is 1. The van der Waals surface area contributed by atoms with E-state index in [-0.39, 0.29) is 0 Å². The fourth-order valence-electron chi connectivity index (χ4n) is 3.57. The number of fused-ring (bicyclic) bond motifs is 1. The van der Waals surface area contributed by atoms with Crippen molar-refractivity contribution in [3.8, 4) is 0 Å². The highest BCUT2D eigenvalue weighted by molar-refractivity contribution is 7.71. The number of hydrogen-bond donors (Lipinski definition) is 1. The Morgan fingerprint density at radius 2 is 2.05 bits per heavy atom. The maximum Gasteiger partial charge on any atom is 0.178 e. The smallest absolute Gasteiger partial charge is 0.178 e. The molecular formula is C16H21ClN2S. The van der Waals surface area contributed by atoms with Gasteiger partial charge in [0.1, 0.15) is 0 Å². The van der Waals surface area contributed by atoms with E-state index in [2.05, 4.69) is 22.5 Å². The molecule has 2 nitrogen and oxygen atoms in total. The number of rotatable bonds is 3. The van der Waals surface area contributed by atoms with Gasteiger partial charge in [-0.2, -0.15) is 0 Å². The van der Waals surface area contributed by atoms with Crippen molar-refractivity contribution in [2.75, 3.05) is 0 Å². The highest BCUT2D eigenvalue weighted by atomic mass is 35.5. The van der Waals surface area contributed by atoms with Crippen molar-refractivity contribution in [1.82, 2.24) is 9.55 Å². The molecule has 108 valence electrons.